The largest absolute Gasteiger partial charge is 0.370 e. The van der Waals surface area contributed by atoms with E-state index in [9.17, 15) is 5.26 Å². The smallest absolute Gasteiger partial charge is 0.227 e. The second-order valence-corrected chi connectivity index (χ2v) is 11.0. The molecule has 1 aromatic carbocycles. The van der Waals surface area contributed by atoms with E-state index in [0.717, 1.165) is 69.0 Å². The molecule has 0 saturated carbocycles. The fourth-order valence-corrected chi connectivity index (χ4v) is 5.79. The number of ether oxygens (including phenoxy) is 1. The lowest BCUT2D eigenvalue weighted by Gasteiger charge is -2.42. The van der Waals surface area contributed by atoms with E-state index < -0.39 is 0 Å². The van der Waals surface area contributed by atoms with E-state index in [1.54, 1.807) is 6.07 Å². The van der Waals surface area contributed by atoms with Gasteiger partial charge in [0.15, 0.2) is 0 Å². The molecule has 2 N–H and O–H groups in total. The summed E-state index contributed by atoms with van der Waals surface area (Å²) in [5.41, 5.74) is 9.60. The normalized spacial score (nSPS) is 22.4. The lowest BCUT2D eigenvalue weighted by atomic mass is 9.90. The highest BCUT2D eigenvalue weighted by Crippen LogP contribution is 2.29. The average molecular weight is 534 g/mol. The maximum Gasteiger partial charge on any atom is 0.227 e. The van der Waals surface area contributed by atoms with Gasteiger partial charge >= 0.3 is 0 Å². The van der Waals surface area contributed by atoms with Crippen LogP contribution in [0.3, 0.4) is 0 Å². The quantitative estimate of drug-likeness (QED) is 0.395. The van der Waals surface area contributed by atoms with E-state index in [2.05, 4.69) is 42.6 Å². The third-order valence-electron chi connectivity index (χ3n) is 7.82. The highest BCUT2D eigenvalue weighted by Gasteiger charge is 2.31. The van der Waals surface area contributed by atoms with Crippen molar-refractivity contribution in [3.05, 3.63) is 29.5 Å². The number of benzene rings is 1. The maximum atomic E-state index is 9.58. The Morgan fingerprint density at radius 2 is 1.68 bits per heavy atom. The summed E-state index contributed by atoms with van der Waals surface area (Å²) in [5.74, 6) is 1.75. The molecule has 4 radical (unpaired) electrons. The molecule has 13 heteroatoms. The molecule has 5 heterocycles. The van der Waals surface area contributed by atoms with Crippen molar-refractivity contribution in [3.8, 4) is 6.07 Å². The third kappa shape index (κ3) is 5.31. The Morgan fingerprint density at radius 1 is 0.950 bits per heavy atom. The second-order valence-electron chi connectivity index (χ2n) is 11.0. The van der Waals surface area contributed by atoms with Crippen LogP contribution in [0.25, 0.3) is 11.0 Å². The van der Waals surface area contributed by atoms with Crippen LogP contribution >= 0.6 is 0 Å². The number of anilines is 3. The molecule has 0 bridgehead atoms. The number of piperazine rings is 1. The van der Waals surface area contributed by atoms with Crippen molar-refractivity contribution in [1.29, 1.82) is 5.26 Å². The van der Waals surface area contributed by atoms with Gasteiger partial charge in [-0.1, -0.05) is 0 Å². The van der Waals surface area contributed by atoms with Crippen LogP contribution in [0.5, 0.6) is 0 Å². The molecule has 2 atom stereocenters. The zero-order valence-corrected chi connectivity index (χ0v) is 23.0. The van der Waals surface area contributed by atoms with E-state index in [4.69, 9.17) is 36.1 Å². The number of rotatable bonds is 5. The van der Waals surface area contributed by atoms with E-state index in [-0.39, 0.29) is 29.4 Å². The fourth-order valence-electron chi connectivity index (χ4n) is 5.79. The first-order valence-electron chi connectivity index (χ1n) is 13.8. The molecule has 0 spiro atoms. The molecule has 3 fully saturated rings. The molecule has 40 heavy (non-hydrogen) atoms. The summed E-state index contributed by atoms with van der Waals surface area (Å²) in [4.78, 5) is 27.6. The summed E-state index contributed by atoms with van der Waals surface area (Å²) >= 11 is 0. The van der Waals surface area contributed by atoms with Crippen LogP contribution < -0.4 is 31.6 Å². The molecular weight excluding hydrogens is 502 g/mol. The summed E-state index contributed by atoms with van der Waals surface area (Å²) in [6, 6.07) is 8.13. The molecule has 0 amide bonds. The van der Waals surface area contributed by atoms with Crippen molar-refractivity contribution in [2.45, 2.75) is 32.1 Å². The minimum Gasteiger partial charge on any atom is -0.370 e. The van der Waals surface area contributed by atoms with Gasteiger partial charge in [0.2, 0.25) is 5.95 Å². The Morgan fingerprint density at radius 3 is 2.38 bits per heavy atom. The predicted molar refractivity (Wildman–Crippen MR) is 157 cm³/mol. The number of nitrogens with two attached hydrogens (primary N) is 1. The first-order valence-corrected chi connectivity index (χ1v) is 13.8. The molecular formula is C27H32B2N10O. The molecule has 3 saturated heterocycles. The van der Waals surface area contributed by atoms with E-state index in [0.29, 0.717) is 29.7 Å². The van der Waals surface area contributed by atoms with Crippen molar-refractivity contribution in [3.63, 3.8) is 0 Å². The van der Waals surface area contributed by atoms with Gasteiger partial charge in [-0.15, -0.1) is 0 Å². The molecule has 0 aliphatic carbocycles. The number of aromatic nitrogens is 4. The first-order chi connectivity index (χ1) is 19.3. The molecule has 6 rings (SSSR count). The van der Waals surface area contributed by atoms with Gasteiger partial charge in [0.05, 0.1) is 23.5 Å². The summed E-state index contributed by atoms with van der Waals surface area (Å²) in [6.07, 6.45) is 0.0380. The molecule has 3 aromatic rings. The van der Waals surface area contributed by atoms with Crippen molar-refractivity contribution in [2.75, 3.05) is 73.6 Å². The summed E-state index contributed by atoms with van der Waals surface area (Å²) in [5, 5.41) is 9.58. The van der Waals surface area contributed by atoms with Crippen LogP contribution in [0.4, 0.5) is 17.5 Å². The summed E-state index contributed by atoms with van der Waals surface area (Å²) < 4.78 is 6.37. The van der Waals surface area contributed by atoms with Gasteiger partial charge < -0.3 is 25.2 Å². The number of hydrogen-bond donors (Lipinski definition) is 1. The second kappa shape index (κ2) is 10.8. The maximum absolute atomic E-state index is 9.58. The zero-order chi connectivity index (χ0) is 28.0. The number of hydrogen-bond acceptors (Lipinski definition) is 11. The topological polar surface area (TPSA) is 124 Å². The molecule has 202 valence electrons. The van der Waals surface area contributed by atoms with Crippen molar-refractivity contribution in [1.82, 2.24) is 24.8 Å². The Bertz CT molecular complexity index is 1450. The van der Waals surface area contributed by atoms with Gasteiger partial charge in [0.1, 0.15) is 38.6 Å². The molecule has 3 aliphatic rings. The van der Waals surface area contributed by atoms with Crippen LogP contribution in [-0.4, -0.2) is 118 Å². The first kappa shape index (κ1) is 26.7. The van der Waals surface area contributed by atoms with E-state index in [1.807, 2.05) is 19.1 Å². The van der Waals surface area contributed by atoms with Crippen LogP contribution in [-0.2, 0) is 4.74 Å². The third-order valence-corrected chi connectivity index (χ3v) is 7.82. The van der Waals surface area contributed by atoms with Gasteiger partial charge in [0.25, 0.3) is 0 Å². The molecule has 3 aliphatic heterocycles. The summed E-state index contributed by atoms with van der Waals surface area (Å²) in [7, 11) is 11.9. The van der Waals surface area contributed by atoms with Crippen molar-refractivity contribution < 1.29 is 4.74 Å². The van der Waals surface area contributed by atoms with Gasteiger partial charge in [-0.3, -0.25) is 14.9 Å². The molecule has 0 unspecified atom stereocenters. The Kier molecular flexibility index (Phi) is 7.25. The SMILES string of the molecule is [B]c1nc2c(C#N)ccc(N3C[C@H](CN4CCN(c5nc(C)cc(N6CC(N)C6)n5)CC4)O[C@H](C)C3)c2nc1[B]. The summed E-state index contributed by atoms with van der Waals surface area (Å²) in [6.45, 7) is 11.5. The van der Waals surface area contributed by atoms with E-state index in [1.165, 1.54) is 0 Å². The number of aryl methyl sites for hydroxylation is 1. The standard InChI is InChI=1S/C27H32B2N10O/c1-16-9-22(39-12-19(31)13-39)33-27(32-16)37-7-5-36(6-8-37)14-20-15-38(11-17(2)40-20)21-4-3-18(10-30)23-24(21)35-26(29)25(28)34-23/h3-4,9,17,19-20H,5-8,11-15,31H2,1-2H3/t17-,20+/m1/s1. The van der Waals surface area contributed by atoms with E-state index >= 15 is 0 Å². The zero-order valence-electron chi connectivity index (χ0n) is 23.0. The molecule has 2 aromatic heterocycles. The highest BCUT2D eigenvalue weighted by atomic mass is 16.5. The van der Waals surface area contributed by atoms with Gasteiger partial charge in [-0.25, -0.2) is 4.98 Å². The van der Waals surface area contributed by atoms with Crippen molar-refractivity contribution >= 4 is 55.4 Å². The van der Waals surface area contributed by atoms with Crippen LogP contribution in [0, 0.1) is 18.3 Å². The minimum atomic E-state index is 0.0116. The lowest BCUT2D eigenvalue weighted by Crippen LogP contribution is -2.56. The fraction of sp³-hybridized carbons (Fsp3) is 0.519. The number of nitrogens with zero attached hydrogens (tertiary/aromatic N) is 9. The molecule has 11 nitrogen and oxygen atoms in total. The van der Waals surface area contributed by atoms with Crippen LogP contribution in [0.2, 0.25) is 0 Å². The minimum absolute atomic E-state index is 0.0116. The Labute approximate surface area is 237 Å². The van der Waals surface area contributed by atoms with Crippen LogP contribution in [0.1, 0.15) is 18.2 Å². The van der Waals surface area contributed by atoms with Gasteiger partial charge in [0, 0.05) is 76.7 Å². The average Bonchev–Trinajstić information content (AvgIpc) is 2.91. The van der Waals surface area contributed by atoms with Crippen molar-refractivity contribution in [2.24, 2.45) is 5.73 Å². The lowest BCUT2D eigenvalue weighted by molar-refractivity contribution is -0.0327. The monoisotopic (exact) mass is 534 g/mol. The highest BCUT2D eigenvalue weighted by molar-refractivity contribution is 6.46. The predicted octanol–water partition coefficient (Wildman–Crippen LogP) is -1.25. The van der Waals surface area contributed by atoms with Gasteiger partial charge in [-0.2, -0.15) is 10.2 Å². The Hall–Kier alpha value is -3.46. The number of morpholine rings is 1. The number of nitriles is 1. The van der Waals surface area contributed by atoms with Gasteiger partial charge in [-0.05, 0) is 37.2 Å². The Balaban J connectivity index is 1.12. The number of fused-ring (bicyclic) bond motifs is 1. The van der Waals surface area contributed by atoms with Crippen LogP contribution in [0.15, 0.2) is 18.2 Å².